The van der Waals surface area contributed by atoms with E-state index < -0.39 is 0 Å². The number of aryl methyl sites for hydroxylation is 1. The number of fused-ring (bicyclic) bond motifs is 3. The Bertz CT molecular complexity index is 1070. The fourth-order valence-electron chi connectivity index (χ4n) is 5.06. The number of ether oxygens (including phenoxy) is 1. The first kappa shape index (κ1) is 20.4. The number of hydrogen-bond donors (Lipinski definition) is 1. The first-order chi connectivity index (χ1) is 15.0. The first-order valence-electron chi connectivity index (χ1n) is 11.1. The largest absolute Gasteiger partial charge is 0.431 e. The van der Waals surface area contributed by atoms with Gasteiger partial charge in [-0.1, -0.05) is 23.5 Å². The van der Waals surface area contributed by atoms with E-state index in [4.69, 9.17) is 4.74 Å². The van der Waals surface area contributed by atoms with Crippen LogP contribution >= 0.6 is 11.3 Å². The maximum atomic E-state index is 11.9. The van der Waals surface area contributed by atoms with E-state index in [1.807, 2.05) is 25.1 Å². The molecular weight excluding hydrogens is 408 g/mol. The Balaban J connectivity index is 1.12. The molecule has 7 heteroatoms. The molecule has 0 unspecified atom stereocenters. The number of hydrogen-bond acceptors (Lipinski definition) is 6. The van der Waals surface area contributed by atoms with Crippen LogP contribution in [0.3, 0.4) is 0 Å². The summed E-state index contributed by atoms with van der Waals surface area (Å²) in [6, 6.07) is 11.7. The number of benzene rings is 1. The number of nitrogens with one attached hydrogen (secondary N) is 1. The number of pyridine rings is 1. The van der Waals surface area contributed by atoms with Gasteiger partial charge in [-0.15, -0.1) is 0 Å². The van der Waals surface area contributed by atoms with E-state index >= 15 is 0 Å². The molecule has 3 aromatic rings. The monoisotopic (exact) mass is 436 g/mol. The van der Waals surface area contributed by atoms with Crippen molar-refractivity contribution in [1.82, 2.24) is 20.2 Å². The molecule has 4 heterocycles. The average Bonchev–Trinajstić information content (AvgIpc) is 3.26. The average molecular weight is 437 g/mol. The van der Waals surface area contributed by atoms with E-state index in [-0.39, 0.29) is 5.91 Å². The van der Waals surface area contributed by atoms with Crippen LogP contribution in [0.4, 0.5) is 0 Å². The van der Waals surface area contributed by atoms with Crippen molar-refractivity contribution in [2.45, 2.75) is 64.1 Å². The number of thiazole rings is 1. The molecule has 31 heavy (non-hydrogen) atoms. The summed E-state index contributed by atoms with van der Waals surface area (Å²) in [7, 11) is 0. The van der Waals surface area contributed by atoms with Crippen LogP contribution in [0.25, 0.3) is 10.2 Å². The molecule has 3 atom stereocenters. The molecule has 1 N–H and O–H groups in total. The topological polar surface area (TPSA) is 67.4 Å². The highest BCUT2D eigenvalue weighted by Crippen LogP contribution is 2.36. The lowest BCUT2D eigenvalue weighted by molar-refractivity contribution is -0.133. The molecule has 2 saturated heterocycles. The van der Waals surface area contributed by atoms with Crippen LogP contribution in [0.15, 0.2) is 36.5 Å². The Morgan fingerprint density at radius 3 is 2.68 bits per heavy atom. The third-order valence-electron chi connectivity index (χ3n) is 6.46. The minimum atomic E-state index is 0.242. The molecule has 2 aliphatic heterocycles. The molecule has 0 saturated carbocycles. The van der Waals surface area contributed by atoms with E-state index in [2.05, 4.69) is 32.3 Å². The lowest BCUT2D eigenvalue weighted by Gasteiger charge is -2.38. The van der Waals surface area contributed by atoms with Gasteiger partial charge in [0.15, 0.2) is 0 Å². The summed E-state index contributed by atoms with van der Waals surface area (Å²) in [6.07, 6.45) is 7.26. The number of aromatic nitrogens is 2. The molecule has 0 spiro atoms. The van der Waals surface area contributed by atoms with Crippen molar-refractivity contribution in [3.63, 3.8) is 0 Å². The zero-order valence-corrected chi connectivity index (χ0v) is 18.8. The van der Waals surface area contributed by atoms with Crippen molar-refractivity contribution in [2.24, 2.45) is 0 Å². The third-order valence-corrected chi connectivity index (χ3v) is 7.36. The molecule has 2 bridgehead atoms. The first-order valence-corrected chi connectivity index (χ1v) is 11.9. The number of amides is 1. The minimum Gasteiger partial charge on any atom is -0.431 e. The molecule has 162 valence electrons. The highest BCUT2D eigenvalue weighted by atomic mass is 32.1. The van der Waals surface area contributed by atoms with Crippen LogP contribution in [0.2, 0.25) is 0 Å². The predicted octanol–water partition coefficient (Wildman–Crippen LogP) is 4.47. The molecule has 2 aliphatic rings. The molecule has 0 aliphatic carbocycles. The molecule has 5 rings (SSSR count). The highest BCUT2D eigenvalue weighted by Gasteiger charge is 2.41. The second-order valence-corrected chi connectivity index (χ2v) is 9.70. The van der Waals surface area contributed by atoms with E-state index in [1.54, 1.807) is 13.1 Å². The van der Waals surface area contributed by atoms with E-state index in [9.17, 15) is 4.79 Å². The Labute approximate surface area is 186 Å². The van der Waals surface area contributed by atoms with Crippen molar-refractivity contribution in [3.05, 3.63) is 47.8 Å². The summed E-state index contributed by atoms with van der Waals surface area (Å²) in [4.78, 5) is 22.8. The second-order valence-electron chi connectivity index (χ2n) is 8.70. The number of piperidine rings is 1. The van der Waals surface area contributed by atoms with Gasteiger partial charge in [0.25, 0.3) is 5.19 Å². The molecule has 0 radical (unpaired) electrons. The fraction of sp³-hybridized carbons (Fsp3) is 0.458. The van der Waals surface area contributed by atoms with Crippen LogP contribution in [-0.4, -0.2) is 45.4 Å². The third kappa shape index (κ3) is 4.43. The standard InChI is InChI=1S/C24H28N4O2S/c1-15-11-23-22(14-26-15)27-24(31-23)30-21-7-3-17(4-8-21)9-10-25-18-12-19-5-6-20(13-18)28(19)16(2)29/h3-4,7-8,11,14,18-20,25H,5-6,9-10,12-13H2,1-2H3/t18-,19-,20+. The quantitative estimate of drug-likeness (QED) is 0.618. The van der Waals surface area contributed by atoms with Gasteiger partial charge in [0, 0.05) is 30.7 Å². The molecule has 2 fully saturated rings. The zero-order valence-electron chi connectivity index (χ0n) is 18.0. The van der Waals surface area contributed by atoms with Gasteiger partial charge in [-0.3, -0.25) is 9.78 Å². The fourth-order valence-corrected chi connectivity index (χ4v) is 5.96. The van der Waals surface area contributed by atoms with Gasteiger partial charge in [0.05, 0.1) is 10.9 Å². The summed E-state index contributed by atoms with van der Waals surface area (Å²) >= 11 is 1.54. The van der Waals surface area contributed by atoms with Gasteiger partial charge in [0.1, 0.15) is 11.3 Å². The van der Waals surface area contributed by atoms with Crippen LogP contribution in [-0.2, 0) is 11.2 Å². The lowest BCUT2D eigenvalue weighted by atomic mass is 9.97. The summed E-state index contributed by atoms with van der Waals surface area (Å²) in [5.74, 6) is 1.04. The SMILES string of the molecule is CC(=O)N1[C@@H]2CC[C@H]1C[C@H](NCCc1ccc(Oc3nc4cnc(C)cc4s3)cc1)C2. The van der Waals surface area contributed by atoms with Crippen molar-refractivity contribution in [1.29, 1.82) is 0 Å². The maximum Gasteiger partial charge on any atom is 0.279 e. The van der Waals surface area contributed by atoms with E-state index in [0.29, 0.717) is 23.3 Å². The zero-order chi connectivity index (χ0) is 21.4. The number of carbonyl (C=O) groups is 1. The summed E-state index contributed by atoms with van der Waals surface area (Å²) in [5, 5.41) is 4.36. The minimum absolute atomic E-state index is 0.242. The molecule has 2 aromatic heterocycles. The van der Waals surface area contributed by atoms with Gasteiger partial charge >= 0.3 is 0 Å². The van der Waals surface area contributed by atoms with Gasteiger partial charge in [-0.2, -0.15) is 0 Å². The Hall–Kier alpha value is -2.51. The summed E-state index contributed by atoms with van der Waals surface area (Å²) in [5.41, 5.74) is 3.14. The predicted molar refractivity (Wildman–Crippen MR) is 123 cm³/mol. The van der Waals surface area contributed by atoms with Crippen molar-refractivity contribution >= 4 is 27.5 Å². The highest BCUT2D eigenvalue weighted by molar-refractivity contribution is 7.20. The molecular formula is C24H28N4O2S. The number of rotatable bonds is 6. The molecule has 6 nitrogen and oxygen atoms in total. The van der Waals surface area contributed by atoms with E-state index in [1.165, 1.54) is 16.9 Å². The van der Waals surface area contributed by atoms with Gasteiger partial charge in [-0.25, -0.2) is 4.98 Å². The number of nitrogens with zero attached hydrogens (tertiary/aromatic N) is 3. The second kappa shape index (κ2) is 8.55. The normalized spacial score (nSPS) is 22.8. The van der Waals surface area contributed by atoms with Crippen LogP contribution in [0.1, 0.15) is 43.9 Å². The summed E-state index contributed by atoms with van der Waals surface area (Å²) < 4.78 is 7.04. The lowest BCUT2D eigenvalue weighted by Crippen LogP contribution is -2.51. The summed E-state index contributed by atoms with van der Waals surface area (Å²) in [6.45, 7) is 4.64. The van der Waals surface area contributed by atoms with Crippen molar-refractivity contribution in [2.75, 3.05) is 6.54 Å². The van der Waals surface area contributed by atoms with Crippen LogP contribution in [0, 0.1) is 6.92 Å². The van der Waals surface area contributed by atoms with Crippen molar-refractivity contribution < 1.29 is 9.53 Å². The Morgan fingerprint density at radius 1 is 1.23 bits per heavy atom. The van der Waals surface area contributed by atoms with Gasteiger partial charge < -0.3 is 15.0 Å². The molecule has 1 amide bonds. The van der Waals surface area contributed by atoms with E-state index in [0.717, 1.165) is 60.3 Å². The van der Waals surface area contributed by atoms with Gasteiger partial charge in [-0.05, 0) is 69.3 Å². The van der Waals surface area contributed by atoms with Gasteiger partial charge in [0.2, 0.25) is 5.91 Å². The number of carbonyl (C=O) groups excluding carboxylic acids is 1. The van der Waals surface area contributed by atoms with Crippen LogP contribution < -0.4 is 10.1 Å². The Kier molecular flexibility index (Phi) is 5.63. The van der Waals surface area contributed by atoms with Crippen molar-refractivity contribution in [3.8, 4) is 10.9 Å². The Morgan fingerprint density at radius 2 is 1.97 bits per heavy atom. The maximum absolute atomic E-state index is 11.9. The van der Waals surface area contributed by atoms with Crippen LogP contribution in [0.5, 0.6) is 10.9 Å². The smallest absolute Gasteiger partial charge is 0.279 e. The molecule has 1 aromatic carbocycles.